The van der Waals surface area contributed by atoms with Gasteiger partial charge in [0.15, 0.2) is 5.78 Å². The maximum atomic E-state index is 13.2. The largest absolute Gasteiger partial charge is 0.484 e. The van der Waals surface area contributed by atoms with Gasteiger partial charge < -0.3 is 4.74 Å². The summed E-state index contributed by atoms with van der Waals surface area (Å²) in [5, 5.41) is 1.00. The lowest BCUT2D eigenvalue weighted by Crippen LogP contribution is -2.20. The van der Waals surface area contributed by atoms with E-state index in [1.165, 1.54) is 18.2 Å². The van der Waals surface area contributed by atoms with Crippen LogP contribution in [-0.4, -0.2) is 5.78 Å². The van der Waals surface area contributed by atoms with Crippen LogP contribution < -0.4 is 4.74 Å². The molecule has 20 heavy (non-hydrogen) atoms. The van der Waals surface area contributed by atoms with Gasteiger partial charge in [0, 0.05) is 15.6 Å². The van der Waals surface area contributed by atoms with Crippen molar-refractivity contribution in [2.24, 2.45) is 0 Å². The molecule has 0 radical (unpaired) electrons. The van der Waals surface area contributed by atoms with Crippen molar-refractivity contribution in [1.29, 1.82) is 0 Å². The average Bonchev–Trinajstić information content (AvgIpc) is 2.42. The van der Waals surface area contributed by atoms with E-state index >= 15 is 0 Å². The summed E-state index contributed by atoms with van der Waals surface area (Å²) in [6.07, 6.45) is -0.400. The van der Waals surface area contributed by atoms with Gasteiger partial charge in [-0.15, -0.1) is 0 Å². The Morgan fingerprint density at radius 2 is 1.95 bits per heavy atom. The van der Waals surface area contributed by atoms with Gasteiger partial charge in [0.2, 0.25) is 0 Å². The summed E-state index contributed by atoms with van der Waals surface area (Å²) in [5.74, 6) is -0.268. The summed E-state index contributed by atoms with van der Waals surface area (Å²) in [7, 11) is 0. The third-order valence-electron chi connectivity index (χ3n) is 3.19. The molecule has 1 aliphatic heterocycles. The molecule has 0 spiro atoms. The number of hydrogen-bond donors (Lipinski definition) is 0. The van der Waals surface area contributed by atoms with Crippen LogP contribution in [0.5, 0.6) is 5.75 Å². The fourth-order valence-electron chi connectivity index (χ4n) is 2.23. The average molecular weight is 311 g/mol. The first-order valence-corrected chi connectivity index (χ1v) is 6.74. The summed E-state index contributed by atoms with van der Waals surface area (Å²) >= 11 is 12.1. The standard InChI is InChI=1S/C15H9Cl2FO2/c16-8-1-3-12(17)10(5-8)15-7-13(19)11-6-9(18)2-4-14(11)20-15/h1-6,15H,7H2. The Morgan fingerprint density at radius 3 is 2.75 bits per heavy atom. The maximum absolute atomic E-state index is 13.2. The molecule has 1 heterocycles. The second-order valence-electron chi connectivity index (χ2n) is 4.54. The number of carbonyl (C=O) groups excluding carboxylic acids is 1. The molecule has 0 fully saturated rings. The summed E-state index contributed by atoms with van der Waals surface area (Å²) in [4.78, 5) is 12.1. The Hall–Kier alpha value is -1.58. The van der Waals surface area contributed by atoms with Gasteiger partial charge in [0.1, 0.15) is 17.7 Å². The van der Waals surface area contributed by atoms with Crippen LogP contribution in [0.25, 0.3) is 0 Å². The summed E-state index contributed by atoms with van der Waals surface area (Å²) < 4.78 is 18.9. The molecule has 3 rings (SSSR count). The molecule has 0 aromatic heterocycles. The Labute approximate surface area is 125 Å². The van der Waals surface area contributed by atoms with Gasteiger partial charge in [-0.1, -0.05) is 23.2 Å². The first-order valence-electron chi connectivity index (χ1n) is 5.99. The first-order chi connectivity index (χ1) is 9.54. The van der Waals surface area contributed by atoms with Gasteiger partial charge in [0.05, 0.1) is 12.0 Å². The highest BCUT2D eigenvalue weighted by molar-refractivity contribution is 6.33. The minimum atomic E-state index is -0.508. The minimum Gasteiger partial charge on any atom is -0.484 e. The molecule has 0 N–H and O–H groups in total. The second-order valence-corrected chi connectivity index (χ2v) is 5.38. The van der Waals surface area contributed by atoms with Crippen molar-refractivity contribution in [1.82, 2.24) is 0 Å². The molecule has 1 aliphatic rings. The fraction of sp³-hybridized carbons (Fsp3) is 0.133. The zero-order chi connectivity index (χ0) is 14.3. The number of hydrogen-bond acceptors (Lipinski definition) is 2. The SMILES string of the molecule is O=C1CC(c2cc(Cl)ccc2Cl)Oc2ccc(F)cc21. The Bertz CT molecular complexity index is 700. The molecular formula is C15H9Cl2FO2. The van der Waals surface area contributed by atoms with Crippen LogP contribution in [0.3, 0.4) is 0 Å². The van der Waals surface area contributed by atoms with Crippen molar-refractivity contribution in [3.8, 4) is 5.75 Å². The van der Waals surface area contributed by atoms with E-state index in [-0.39, 0.29) is 17.8 Å². The lowest BCUT2D eigenvalue weighted by molar-refractivity contribution is 0.0849. The number of halogens is 3. The molecule has 2 aromatic carbocycles. The van der Waals surface area contributed by atoms with Crippen LogP contribution in [-0.2, 0) is 0 Å². The molecule has 1 unspecified atom stereocenters. The predicted molar refractivity (Wildman–Crippen MR) is 75.2 cm³/mol. The minimum absolute atomic E-state index is 0.108. The van der Waals surface area contributed by atoms with E-state index in [9.17, 15) is 9.18 Å². The maximum Gasteiger partial charge on any atom is 0.170 e. The second kappa shape index (κ2) is 5.08. The fourth-order valence-corrected chi connectivity index (χ4v) is 2.65. The van der Waals surface area contributed by atoms with Crippen molar-refractivity contribution in [3.63, 3.8) is 0 Å². The molecule has 0 saturated carbocycles. The number of benzene rings is 2. The summed E-state index contributed by atoms with van der Waals surface area (Å²) in [5.41, 5.74) is 0.918. The highest BCUT2D eigenvalue weighted by atomic mass is 35.5. The van der Waals surface area contributed by atoms with E-state index in [0.717, 1.165) is 0 Å². The van der Waals surface area contributed by atoms with Crippen LogP contribution in [0.15, 0.2) is 36.4 Å². The number of ketones is 1. The Morgan fingerprint density at radius 1 is 1.15 bits per heavy atom. The van der Waals surface area contributed by atoms with E-state index in [1.54, 1.807) is 18.2 Å². The van der Waals surface area contributed by atoms with E-state index in [1.807, 2.05) is 0 Å². The van der Waals surface area contributed by atoms with E-state index in [0.29, 0.717) is 21.4 Å². The number of rotatable bonds is 1. The number of carbonyl (C=O) groups is 1. The molecule has 2 aromatic rings. The number of Topliss-reactive ketones (excluding diaryl/α,β-unsaturated/α-hetero) is 1. The molecular weight excluding hydrogens is 302 g/mol. The quantitative estimate of drug-likeness (QED) is 0.753. The zero-order valence-electron chi connectivity index (χ0n) is 10.2. The van der Waals surface area contributed by atoms with Gasteiger partial charge >= 0.3 is 0 Å². The molecule has 2 nitrogen and oxygen atoms in total. The zero-order valence-corrected chi connectivity index (χ0v) is 11.7. The third-order valence-corrected chi connectivity index (χ3v) is 3.77. The molecule has 1 atom stereocenters. The van der Waals surface area contributed by atoms with Gasteiger partial charge in [0.25, 0.3) is 0 Å². The van der Waals surface area contributed by atoms with Gasteiger partial charge in [-0.3, -0.25) is 4.79 Å². The molecule has 5 heteroatoms. The van der Waals surface area contributed by atoms with E-state index in [4.69, 9.17) is 27.9 Å². The lowest BCUT2D eigenvalue weighted by Gasteiger charge is -2.26. The number of fused-ring (bicyclic) bond motifs is 1. The van der Waals surface area contributed by atoms with Crippen LogP contribution in [0, 0.1) is 5.82 Å². The predicted octanol–water partition coefficient (Wildman–Crippen LogP) is 4.84. The first kappa shape index (κ1) is 13.4. The van der Waals surface area contributed by atoms with Gasteiger partial charge in [-0.2, -0.15) is 0 Å². The molecule has 0 amide bonds. The Balaban J connectivity index is 2.01. The van der Waals surface area contributed by atoms with E-state index in [2.05, 4.69) is 0 Å². The van der Waals surface area contributed by atoms with Crippen molar-refractivity contribution in [3.05, 3.63) is 63.4 Å². The van der Waals surface area contributed by atoms with Crippen molar-refractivity contribution < 1.29 is 13.9 Å². The highest BCUT2D eigenvalue weighted by Gasteiger charge is 2.29. The van der Waals surface area contributed by atoms with Crippen LogP contribution >= 0.6 is 23.2 Å². The molecule has 0 bridgehead atoms. The lowest BCUT2D eigenvalue weighted by atomic mass is 9.96. The van der Waals surface area contributed by atoms with Crippen LogP contribution in [0.4, 0.5) is 4.39 Å². The van der Waals surface area contributed by atoms with Gasteiger partial charge in [-0.05, 0) is 36.4 Å². The monoisotopic (exact) mass is 310 g/mol. The number of ether oxygens (including phenoxy) is 1. The molecule has 102 valence electrons. The van der Waals surface area contributed by atoms with Crippen molar-refractivity contribution in [2.45, 2.75) is 12.5 Å². The van der Waals surface area contributed by atoms with Crippen molar-refractivity contribution >= 4 is 29.0 Å². The smallest absolute Gasteiger partial charge is 0.170 e. The topological polar surface area (TPSA) is 26.3 Å². The van der Waals surface area contributed by atoms with Crippen molar-refractivity contribution in [2.75, 3.05) is 0 Å². The van der Waals surface area contributed by atoms with Crippen LogP contribution in [0.1, 0.15) is 28.4 Å². The molecule has 0 aliphatic carbocycles. The normalized spacial score (nSPS) is 17.6. The third kappa shape index (κ3) is 2.39. The Kier molecular flexibility index (Phi) is 3.40. The summed E-state index contributed by atoms with van der Waals surface area (Å²) in [6.45, 7) is 0. The highest BCUT2D eigenvalue weighted by Crippen LogP contribution is 2.38. The van der Waals surface area contributed by atoms with Gasteiger partial charge in [-0.25, -0.2) is 4.39 Å². The van der Waals surface area contributed by atoms with E-state index < -0.39 is 11.9 Å². The molecule has 0 saturated heterocycles. The summed E-state index contributed by atoms with van der Waals surface area (Å²) in [6, 6.07) is 8.90. The van der Waals surface area contributed by atoms with Crippen LogP contribution in [0.2, 0.25) is 10.0 Å².